The molecule has 0 atom stereocenters. The summed E-state index contributed by atoms with van der Waals surface area (Å²) in [6.07, 6.45) is 6.91. The lowest BCUT2D eigenvalue weighted by Crippen LogP contribution is -2.14. The molecule has 5 aromatic rings. The molecule has 5 nitrogen and oxygen atoms in total. The van der Waals surface area contributed by atoms with E-state index in [9.17, 15) is 4.79 Å². The fourth-order valence-electron chi connectivity index (χ4n) is 3.64. The lowest BCUT2D eigenvalue weighted by molar-refractivity contribution is 0.102. The number of ether oxygens (including phenoxy) is 1. The van der Waals surface area contributed by atoms with Crippen molar-refractivity contribution in [2.24, 2.45) is 0 Å². The molecule has 0 fully saturated rings. The van der Waals surface area contributed by atoms with Crippen LogP contribution in [-0.4, -0.2) is 15.9 Å². The Hall–Kier alpha value is -4.51. The van der Waals surface area contributed by atoms with Crippen molar-refractivity contribution in [3.8, 4) is 16.9 Å². The minimum Gasteiger partial charge on any atom is -0.488 e. The Morgan fingerprint density at radius 2 is 1.58 bits per heavy atom. The van der Waals surface area contributed by atoms with E-state index in [0.717, 1.165) is 27.5 Å². The molecule has 1 amide bonds. The quantitative estimate of drug-likeness (QED) is 0.351. The van der Waals surface area contributed by atoms with Gasteiger partial charge >= 0.3 is 0 Å². The first-order chi connectivity index (χ1) is 16.3. The van der Waals surface area contributed by atoms with Crippen LogP contribution in [0.5, 0.6) is 5.75 Å². The number of fused-ring (bicyclic) bond motifs is 1. The summed E-state index contributed by atoms with van der Waals surface area (Å²) in [5.74, 6) is 0.268. The van der Waals surface area contributed by atoms with Gasteiger partial charge in [0.2, 0.25) is 0 Å². The summed E-state index contributed by atoms with van der Waals surface area (Å²) in [6, 6.07) is 27.3. The van der Waals surface area contributed by atoms with Gasteiger partial charge in [-0.1, -0.05) is 48.5 Å². The van der Waals surface area contributed by atoms with E-state index in [0.29, 0.717) is 23.6 Å². The third-order valence-electron chi connectivity index (χ3n) is 5.36. The minimum absolute atomic E-state index is 0.250. The molecule has 3 aromatic carbocycles. The van der Waals surface area contributed by atoms with Crippen LogP contribution in [0, 0.1) is 0 Å². The highest BCUT2D eigenvalue weighted by Gasteiger charge is 2.15. The molecule has 0 saturated carbocycles. The van der Waals surface area contributed by atoms with Crippen molar-refractivity contribution in [3.63, 3.8) is 0 Å². The third kappa shape index (κ3) is 4.72. The van der Waals surface area contributed by atoms with Crippen molar-refractivity contribution < 1.29 is 9.53 Å². The van der Waals surface area contributed by atoms with Crippen molar-refractivity contribution in [1.82, 2.24) is 9.97 Å². The Morgan fingerprint density at radius 3 is 2.42 bits per heavy atom. The van der Waals surface area contributed by atoms with Crippen LogP contribution in [0.3, 0.4) is 0 Å². The lowest BCUT2D eigenvalue weighted by Gasteiger charge is -2.14. The van der Waals surface area contributed by atoms with Gasteiger partial charge in [-0.3, -0.25) is 14.8 Å². The number of benzene rings is 3. The SMILES string of the molecule is O=C(Nc1cccnc1)c1ccc(-c2ccc3ccncc3c2)cc1OCc1ccccc1. The predicted octanol–water partition coefficient (Wildman–Crippen LogP) is 6.13. The largest absolute Gasteiger partial charge is 0.488 e. The van der Waals surface area contributed by atoms with Gasteiger partial charge in [0.05, 0.1) is 17.4 Å². The Bertz CT molecular complexity index is 1400. The van der Waals surface area contributed by atoms with Crippen molar-refractivity contribution in [3.05, 3.63) is 121 Å². The van der Waals surface area contributed by atoms with Crippen LogP contribution in [0.4, 0.5) is 5.69 Å². The van der Waals surface area contributed by atoms with Gasteiger partial charge in [0.25, 0.3) is 5.91 Å². The van der Waals surface area contributed by atoms with E-state index in [-0.39, 0.29) is 5.91 Å². The van der Waals surface area contributed by atoms with Gasteiger partial charge in [0, 0.05) is 24.0 Å². The van der Waals surface area contributed by atoms with Gasteiger partial charge in [-0.05, 0) is 58.5 Å². The molecule has 0 spiro atoms. The molecular weight excluding hydrogens is 410 g/mol. The van der Waals surface area contributed by atoms with Gasteiger partial charge in [-0.15, -0.1) is 0 Å². The van der Waals surface area contributed by atoms with Crippen LogP contribution in [0.1, 0.15) is 15.9 Å². The molecule has 0 radical (unpaired) electrons. The Balaban J connectivity index is 1.49. The molecule has 0 unspecified atom stereocenters. The molecule has 0 aliphatic rings. The molecule has 33 heavy (non-hydrogen) atoms. The van der Waals surface area contributed by atoms with Crippen LogP contribution in [0.25, 0.3) is 21.9 Å². The van der Waals surface area contributed by atoms with E-state index in [2.05, 4.69) is 33.5 Å². The summed E-state index contributed by atoms with van der Waals surface area (Å²) < 4.78 is 6.14. The molecule has 0 aliphatic carbocycles. The highest BCUT2D eigenvalue weighted by atomic mass is 16.5. The monoisotopic (exact) mass is 431 g/mol. The number of carbonyl (C=O) groups is 1. The van der Waals surface area contributed by atoms with Crippen molar-refractivity contribution in [2.75, 3.05) is 5.32 Å². The van der Waals surface area contributed by atoms with Crippen LogP contribution in [-0.2, 0) is 6.61 Å². The van der Waals surface area contributed by atoms with Crippen LogP contribution >= 0.6 is 0 Å². The molecule has 5 rings (SSSR count). The summed E-state index contributed by atoms with van der Waals surface area (Å²) in [5, 5.41) is 5.07. The zero-order chi connectivity index (χ0) is 22.5. The van der Waals surface area contributed by atoms with Crippen LogP contribution in [0.15, 0.2) is 110 Å². The first kappa shape index (κ1) is 20.4. The number of rotatable bonds is 6. The maximum absolute atomic E-state index is 13.0. The number of hydrogen-bond donors (Lipinski definition) is 1. The van der Waals surface area contributed by atoms with Gasteiger partial charge in [0.1, 0.15) is 12.4 Å². The molecular formula is C28H21N3O2. The summed E-state index contributed by atoms with van der Waals surface area (Å²) in [5.41, 5.74) is 4.10. The molecule has 5 heteroatoms. The fraction of sp³-hybridized carbons (Fsp3) is 0.0357. The number of amides is 1. The van der Waals surface area contributed by atoms with Crippen LogP contribution in [0.2, 0.25) is 0 Å². The Morgan fingerprint density at radius 1 is 0.758 bits per heavy atom. The second-order valence-corrected chi connectivity index (χ2v) is 7.62. The van der Waals surface area contributed by atoms with Crippen LogP contribution < -0.4 is 10.1 Å². The smallest absolute Gasteiger partial charge is 0.259 e. The summed E-state index contributed by atoms with van der Waals surface area (Å²) in [4.78, 5) is 21.3. The average Bonchev–Trinajstić information content (AvgIpc) is 2.88. The maximum atomic E-state index is 13.0. The van der Waals surface area contributed by atoms with Gasteiger partial charge in [0.15, 0.2) is 0 Å². The van der Waals surface area contributed by atoms with E-state index in [1.807, 2.05) is 54.7 Å². The lowest BCUT2D eigenvalue weighted by atomic mass is 10.00. The van der Waals surface area contributed by atoms with Gasteiger partial charge in [-0.2, -0.15) is 0 Å². The molecule has 2 aromatic heterocycles. The second-order valence-electron chi connectivity index (χ2n) is 7.62. The highest BCUT2D eigenvalue weighted by Crippen LogP contribution is 2.30. The number of anilines is 1. The van der Waals surface area contributed by atoms with Crippen molar-refractivity contribution in [2.45, 2.75) is 6.61 Å². The van der Waals surface area contributed by atoms with E-state index in [4.69, 9.17) is 4.74 Å². The first-order valence-corrected chi connectivity index (χ1v) is 10.6. The van der Waals surface area contributed by atoms with Crippen molar-refractivity contribution in [1.29, 1.82) is 0 Å². The number of hydrogen-bond acceptors (Lipinski definition) is 4. The van der Waals surface area contributed by atoms with Gasteiger partial charge in [-0.25, -0.2) is 0 Å². The molecule has 0 bridgehead atoms. The average molecular weight is 431 g/mol. The fourth-order valence-corrected chi connectivity index (χ4v) is 3.64. The highest BCUT2D eigenvalue weighted by molar-refractivity contribution is 6.06. The maximum Gasteiger partial charge on any atom is 0.259 e. The summed E-state index contributed by atoms with van der Waals surface area (Å²) >= 11 is 0. The minimum atomic E-state index is -0.250. The topological polar surface area (TPSA) is 64.1 Å². The summed E-state index contributed by atoms with van der Waals surface area (Å²) in [7, 11) is 0. The van der Waals surface area contributed by atoms with E-state index >= 15 is 0 Å². The Labute approximate surface area is 191 Å². The molecule has 2 heterocycles. The molecule has 160 valence electrons. The molecule has 0 aliphatic heterocycles. The number of carbonyl (C=O) groups excluding carboxylic acids is 1. The third-order valence-corrected chi connectivity index (χ3v) is 5.36. The second kappa shape index (κ2) is 9.32. The van der Waals surface area contributed by atoms with E-state index in [1.165, 1.54) is 0 Å². The van der Waals surface area contributed by atoms with E-state index < -0.39 is 0 Å². The van der Waals surface area contributed by atoms with E-state index in [1.54, 1.807) is 36.8 Å². The van der Waals surface area contributed by atoms with Crippen molar-refractivity contribution >= 4 is 22.4 Å². The normalized spacial score (nSPS) is 10.7. The zero-order valence-corrected chi connectivity index (χ0v) is 17.8. The number of nitrogens with zero attached hydrogens (tertiary/aromatic N) is 2. The zero-order valence-electron chi connectivity index (χ0n) is 17.8. The molecule has 1 N–H and O–H groups in total. The standard InChI is InChI=1S/C28H21N3O2/c32-28(31-25-7-4-13-29-18-25)26-11-10-23(16-27(26)33-19-20-5-2-1-3-6-20)22-9-8-21-12-14-30-17-24(21)15-22/h1-18H,19H2,(H,31,32). The Kier molecular flexibility index (Phi) is 5.76. The number of pyridine rings is 2. The molecule has 0 saturated heterocycles. The van der Waals surface area contributed by atoms with Gasteiger partial charge < -0.3 is 10.1 Å². The first-order valence-electron chi connectivity index (χ1n) is 10.6. The number of nitrogens with one attached hydrogen (secondary N) is 1. The predicted molar refractivity (Wildman–Crippen MR) is 130 cm³/mol. The number of aromatic nitrogens is 2. The summed E-state index contributed by atoms with van der Waals surface area (Å²) in [6.45, 7) is 0.360.